The lowest BCUT2D eigenvalue weighted by atomic mass is 10.1. The summed E-state index contributed by atoms with van der Waals surface area (Å²) in [4.78, 5) is 12.0. The van der Waals surface area contributed by atoms with Gasteiger partial charge in [0.05, 0.1) is 19.4 Å². The molecule has 27 heavy (non-hydrogen) atoms. The fourth-order valence-corrected chi connectivity index (χ4v) is 2.49. The van der Waals surface area contributed by atoms with E-state index in [1.165, 1.54) is 5.56 Å². The van der Waals surface area contributed by atoms with Gasteiger partial charge in [-0.25, -0.2) is 5.43 Å². The normalized spacial score (nSPS) is 11.2. The van der Waals surface area contributed by atoms with Crippen LogP contribution in [0, 0.1) is 0 Å². The van der Waals surface area contributed by atoms with E-state index in [-0.39, 0.29) is 12.5 Å². The van der Waals surface area contributed by atoms with Gasteiger partial charge in [-0.15, -0.1) is 0 Å². The number of hydrogen-bond donors (Lipinski definition) is 1. The monoisotopic (exact) mass is 370 g/mol. The van der Waals surface area contributed by atoms with Crippen LogP contribution < -0.4 is 14.9 Å². The highest BCUT2D eigenvalue weighted by Crippen LogP contribution is 2.21. The quantitative estimate of drug-likeness (QED) is 0.543. The van der Waals surface area contributed by atoms with Gasteiger partial charge in [-0.2, -0.15) is 5.10 Å². The summed E-state index contributed by atoms with van der Waals surface area (Å²) < 4.78 is 16.0. The highest BCUT2D eigenvalue weighted by Gasteiger charge is 2.07. The third-order valence-electron chi connectivity index (χ3n) is 4.05. The largest absolute Gasteiger partial charge is 0.496 e. The Morgan fingerprint density at radius 3 is 2.48 bits per heavy atom. The molecule has 0 saturated heterocycles. The van der Waals surface area contributed by atoms with Gasteiger partial charge < -0.3 is 14.2 Å². The molecule has 0 spiro atoms. The summed E-state index contributed by atoms with van der Waals surface area (Å²) in [6.07, 6.45) is 0.964. The molecule has 6 heteroatoms. The van der Waals surface area contributed by atoms with E-state index in [1.54, 1.807) is 14.2 Å². The Morgan fingerprint density at radius 2 is 1.85 bits per heavy atom. The Labute approximate surface area is 160 Å². The Balaban J connectivity index is 1.93. The molecule has 0 heterocycles. The summed E-state index contributed by atoms with van der Waals surface area (Å²) in [5, 5.41) is 4.15. The van der Waals surface area contributed by atoms with Crippen molar-refractivity contribution in [1.82, 2.24) is 5.43 Å². The minimum Gasteiger partial charge on any atom is -0.496 e. The molecule has 0 aromatic heterocycles. The maximum absolute atomic E-state index is 12.0. The third kappa shape index (κ3) is 6.11. The number of ether oxygens (including phenoxy) is 3. The number of aryl methyl sites for hydroxylation is 1. The molecule has 0 radical (unpaired) electrons. The molecule has 144 valence electrons. The van der Waals surface area contributed by atoms with Crippen LogP contribution in [0.2, 0.25) is 0 Å². The number of amides is 1. The van der Waals surface area contributed by atoms with E-state index in [2.05, 4.69) is 17.5 Å². The summed E-state index contributed by atoms with van der Waals surface area (Å²) in [6.45, 7) is 4.24. The number of benzene rings is 2. The Hall–Kier alpha value is -2.86. The van der Waals surface area contributed by atoms with Gasteiger partial charge >= 0.3 is 0 Å². The lowest BCUT2D eigenvalue weighted by Crippen LogP contribution is -2.25. The van der Waals surface area contributed by atoms with Gasteiger partial charge in [0.25, 0.3) is 5.91 Å². The van der Waals surface area contributed by atoms with E-state index in [0.29, 0.717) is 18.1 Å². The number of carbonyl (C=O) groups is 1. The Morgan fingerprint density at radius 1 is 1.11 bits per heavy atom. The maximum Gasteiger partial charge on any atom is 0.277 e. The van der Waals surface area contributed by atoms with Crippen LogP contribution in [0.3, 0.4) is 0 Å². The van der Waals surface area contributed by atoms with Crippen molar-refractivity contribution in [2.24, 2.45) is 5.10 Å². The molecular formula is C21H26N2O4. The zero-order valence-corrected chi connectivity index (χ0v) is 16.2. The van der Waals surface area contributed by atoms with Crippen LogP contribution in [0.25, 0.3) is 0 Å². The number of carbonyl (C=O) groups excluding carboxylic acids is 1. The lowest BCUT2D eigenvalue weighted by molar-refractivity contribution is -0.123. The zero-order valence-electron chi connectivity index (χ0n) is 16.2. The van der Waals surface area contributed by atoms with Gasteiger partial charge in [0.2, 0.25) is 0 Å². The first kappa shape index (κ1) is 20.5. The van der Waals surface area contributed by atoms with Crippen molar-refractivity contribution in [2.45, 2.75) is 26.9 Å². The van der Waals surface area contributed by atoms with E-state index >= 15 is 0 Å². The minimum atomic E-state index is -0.320. The minimum absolute atomic E-state index is 0.0974. The summed E-state index contributed by atoms with van der Waals surface area (Å²) in [5.74, 6) is 1.09. The zero-order chi connectivity index (χ0) is 19.6. The van der Waals surface area contributed by atoms with E-state index in [1.807, 2.05) is 49.4 Å². The second-order valence-electron chi connectivity index (χ2n) is 5.98. The predicted octanol–water partition coefficient (Wildman–Crippen LogP) is 3.32. The van der Waals surface area contributed by atoms with E-state index in [9.17, 15) is 4.79 Å². The highest BCUT2D eigenvalue weighted by molar-refractivity contribution is 5.99. The van der Waals surface area contributed by atoms with Crippen molar-refractivity contribution in [2.75, 3.05) is 20.8 Å². The van der Waals surface area contributed by atoms with Crippen molar-refractivity contribution < 1.29 is 19.0 Å². The van der Waals surface area contributed by atoms with Crippen LogP contribution in [0.15, 0.2) is 47.6 Å². The number of nitrogens with one attached hydrogen (secondary N) is 1. The summed E-state index contributed by atoms with van der Waals surface area (Å²) in [7, 11) is 3.24. The molecule has 0 fully saturated rings. The van der Waals surface area contributed by atoms with Crippen LogP contribution in [-0.2, 0) is 22.6 Å². The molecule has 1 amide bonds. The topological polar surface area (TPSA) is 69.2 Å². The Bertz CT molecular complexity index is 785. The molecule has 6 nitrogen and oxygen atoms in total. The maximum atomic E-state index is 12.0. The van der Waals surface area contributed by atoms with Gasteiger partial charge in [0, 0.05) is 12.7 Å². The average molecular weight is 370 g/mol. The van der Waals surface area contributed by atoms with E-state index < -0.39 is 0 Å². The van der Waals surface area contributed by atoms with Crippen LogP contribution in [0.5, 0.6) is 11.5 Å². The molecule has 0 unspecified atom stereocenters. The highest BCUT2D eigenvalue weighted by atomic mass is 16.5. The lowest BCUT2D eigenvalue weighted by Gasteiger charge is -2.10. The molecule has 0 saturated carbocycles. The van der Waals surface area contributed by atoms with Crippen LogP contribution in [0.4, 0.5) is 0 Å². The Kier molecular flexibility index (Phi) is 7.82. The fraction of sp³-hybridized carbons (Fsp3) is 0.333. The van der Waals surface area contributed by atoms with Gasteiger partial charge in [0.1, 0.15) is 11.5 Å². The molecule has 1 N–H and O–H groups in total. The smallest absolute Gasteiger partial charge is 0.277 e. The van der Waals surface area contributed by atoms with Gasteiger partial charge in [-0.3, -0.25) is 4.79 Å². The molecule has 0 aliphatic carbocycles. The fourth-order valence-electron chi connectivity index (χ4n) is 2.49. The first-order chi connectivity index (χ1) is 13.1. The SMILES string of the molecule is CCc1ccc(OCC(=O)N/N=C(/C)c2ccc(OC)c(COC)c2)cc1. The molecule has 0 aliphatic rings. The molecular weight excluding hydrogens is 344 g/mol. The molecule has 2 rings (SSSR count). The van der Waals surface area contributed by atoms with Gasteiger partial charge in [-0.05, 0) is 54.8 Å². The number of hydrazone groups is 1. The predicted molar refractivity (Wildman–Crippen MR) is 105 cm³/mol. The standard InChI is InChI=1S/C21H26N2O4/c1-5-16-6-9-19(10-7-16)27-14-21(24)23-22-15(2)17-8-11-20(26-4)18(12-17)13-25-3/h6-12H,5,13-14H2,1-4H3,(H,23,24)/b22-15-. The first-order valence-electron chi connectivity index (χ1n) is 8.78. The second kappa shape index (κ2) is 10.3. The molecule has 2 aromatic carbocycles. The number of rotatable bonds is 9. The van der Waals surface area contributed by atoms with Crippen molar-refractivity contribution in [3.05, 3.63) is 59.2 Å². The third-order valence-corrected chi connectivity index (χ3v) is 4.05. The van der Waals surface area contributed by atoms with E-state index in [0.717, 1.165) is 23.3 Å². The first-order valence-corrected chi connectivity index (χ1v) is 8.78. The average Bonchev–Trinajstić information content (AvgIpc) is 2.71. The summed E-state index contributed by atoms with van der Waals surface area (Å²) >= 11 is 0. The number of nitrogens with zero attached hydrogens (tertiary/aromatic N) is 1. The molecule has 0 bridgehead atoms. The van der Waals surface area contributed by atoms with Crippen LogP contribution in [0.1, 0.15) is 30.5 Å². The van der Waals surface area contributed by atoms with Crippen molar-refractivity contribution in [1.29, 1.82) is 0 Å². The number of methoxy groups -OCH3 is 2. The van der Waals surface area contributed by atoms with Crippen LogP contribution >= 0.6 is 0 Å². The molecule has 2 aromatic rings. The van der Waals surface area contributed by atoms with Crippen LogP contribution in [-0.4, -0.2) is 32.4 Å². The molecule has 0 aliphatic heterocycles. The van der Waals surface area contributed by atoms with Crippen molar-refractivity contribution >= 4 is 11.6 Å². The number of hydrogen-bond acceptors (Lipinski definition) is 5. The van der Waals surface area contributed by atoms with Crippen molar-refractivity contribution in [3.63, 3.8) is 0 Å². The summed E-state index contributed by atoms with van der Waals surface area (Å²) in [6, 6.07) is 13.3. The summed E-state index contributed by atoms with van der Waals surface area (Å²) in [5.41, 5.74) is 6.20. The second-order valence-corrected chi connectivity index (χ2v) is 5.98. The van der Waals surface area contributed by atoms with E-state index in [4.69, 9.17) is 14.2 Å². The van der Waals surface area contributed by atoms with Gasteiger partial charge in [-0.1, -0.05) is 19.1 Å². The molecule has 0 atom stereocenters. The van der Waals surface area contributed by atoms with Gasteiger partial charge in [0.15, 0.2) is 6.61 Å². The van der Waals surface area contributed by atoms with Crippen molar-refractivity contribution in [3.8, 4) is 11.5 Å².